The molecule has 0 spiro atoms. The lowest BCUT2D eigenvalue weighted by molar-refractivity contribution is -0.151. The number of hydrogen-bond acceptors (Lipinski definition) is 3. The fraction of sp³-hybridized carbons (Fsp3) is 0.744. The van der Waals surface area contributed by atoms with E-state index < -0.39 is 0 Å². The summed E-state index contributed by atoms with van der Waals surface area (Å²) in [7, 11) is 0. The molecule has 0 unspecified atom stereocenters. The van der Waals surface area contributed by atoms with Gasteiger partial charge in [-0.2, -0.15) is 0 Å². The minimum atomic E-state index is 0.00887. The van der Waals surface area contributed by atoms with Crippen LogP contribution in [0.15, 0.2) is 35.9 Å². The van der Waals surface area contributed by atoms with Crippen molar-refractivity contribution in [2.45, 2.75) is 150 Å². The fourth-order valence-electron chi connectivity index (χ4n) is 10.7. The maximum absolute atomic E-state index is 12.8. The van der Waals surface area contributed by atoms with Crippen molar-refractivity contribution in [2.75, 3.05) is 6.61 Å². The van der Waals surface area contributed by atoms with Gasteiger partial charge < -0.3 is 9.47 Å². The molecule has 46 heavy (non-hydrogen) atoms. The molecule has 3 fully saturated rings. The van der Waals surface area contributed by atoms with Gasteiger partial charge in [0, 0.05) is 18.4 Å². The third-order valence-corrected chi connectivity index (χ3v) is 13.4. The molecule has 5 rings (SSSR count). The second-order valence-electron chi connectivity index (χ2n) is 16.7. The van der Waals surface area contributed by atoms with Gasteiger partial charge in [-0.1, -0.05) is 90.7 Å². The maximum atomic E-state index is 12.8. The van der Waals surface area contributed by atoms with Gasteiger partial charge in [0.2, 0.25) is 0 Å². The van der Waals surface area contributed by atoms with Crippen molar-refractivity contribution < 1.29 is 14.3 Å². The number of benzene rings is 1. The summed E-state index contributed by atoms with van der Waals surface area (Å²) in [6.45, 7) is 13.3. The van der Waals surface area contributed by atoms with Crippen LogP contribution in [0.5, 0.6) is 5.75 Å². The van der Waals surface area contributed by atoms with E-state index in [1.54, 1.807) is 5.57 Å². The first-order chi connectivity index (χ1) is 22.1. The quantitative estimate of drug-likeness (QED) is 0.0839. The van der Waals surface area contributed by atoms with Gasteiger partial charge in [0.15, 0.2) is 0 Å². The predicted molar refractivity (Wildman–Crippen MR) is 190 cm³/mol. The summed E-state index contributed by atoms with van der Waals surface area (Å²) < 4.78 is 11.9. The van der Waals surface area contributed by atoms with Crippen LogP contribution in [0.3, 0.4) is 0 Å². The van der Waals surface area contributed by atoms with Crippen molar-refractivity contribution in [3.05, 3.63) is 41.5 Å². The number of rotatable bonds is 15. The van der Waals surface area contributed by atoms with Crippen molar-refractivity contribution in [2.24, 2.45) is 46.3 Å². The summed E-state index contributed by atoms with van der Waals surface area (Å²) in [5, 5.41) is 0. The van der Waals surface area contributed by atoms with Gasteiger partial charge in [-0.05, 0) is 128 Å². The largest absolute Gasteiger partial charge is 0.494 e. The first kappa shape index (κ1) is 35.1. The van der Waals surface area contributed by atoms with E-state index in [4.69, 9.17) is 15.9 Å². The van der Waals surface area contributed by atoms with Crippen LogP contribution < -0.4 is 4.74 Å². The highest BCUT2D eigenvalue weighted by Gasteiger charge is 2.59. The van der Waals surface area contributed by atoms with E-state index in [1.807, 2.05) is 24.3 Å². The van der Waals surface area contributed by atoms with Crippen LogP contribution in [0, 0.1) is 58.7 Å². The van der Waals surface area contributed by atoms with Crippen molar-refractivity contribution in [1.82, 2.24) is 0 Å². The molecule has 0 heterocycles. The normalized spacial score (nSPS) is 32.5. The van der Waals surface area contributed by atoms with E-state index in [0.29, 0.717) is 23.9 Å². The number of carbonyl (C=O) groups excluding carboxylic acids is 1. The van der Waals surface area contributed by atoms with Gasteiger partial charge in [0.25, 0.3) is 0 Å². The molecule has 0 radical (unpaired) electrons. The lowest BCUT2D eigenvalue weighted by Gasteiger charge is -2.58. The number of hydrogen-bond donors (Lipinski definition) is 0. The van der Waals surface area contributed by atoms with Gasteiger partial charge in [-0.25, -0.2) is 0 Å². The highest BCUT2D eigenvalue weighted by atomic mass is 16.5. The lowest BCUT2D eigenvalue weighted by Crippen LogP contribution is -2.51. The Kier molecular flexibility index (Phi) is 12.1. The molecule has 3 saturated carbocycles. The topological polar surface area (TPSA) is 35.5 Å². The molecule has 0 N–H and O–H groups in total. The van der Waals surface area contributed by atoms with E-state index in [9.17, 15) is 4.79 Å². The van der Waals surface area contributed by atoms with E-state index in [-0.39, 0.29) is 12.1 Å². The average molecular weight is 629 g/mol. The molecule has 1 aromatic rings. The third-order valence-electron chi connectivity index (χ3n) is 13.4. The second-order valence-corrected chi connectivity index (χ2v) is 16.7. The second kappa shape index (κ2) is 15.8. The molecular formula is C43H64O3. The number of esters is 1. The molecule has 1 aromatic carbocycles. The molecule has 3 nitrogen and oxygen atoms in total. The van der Waals surface area contributed by atoms with Gasteiger partial charge in [0.05, 0.1) is 6.61 Å². The van der Waals surface area contributed by atoms with Crippen LogP contribution in [0.4, 0.5) is 0 Å². The first-order valence-electron chi connectivity index (χ1n) is 19.2. The molecule has 8 atom stereocenters. The third kappa shape index (κ3) is 8.08. The predicted octanol–water partition coefficient (Wildman–Crippen LogP) is 11.3. The van der Waals surface area contributed by atoms with Gasteiger partial charge >= 0.3 is 5.97 Å². The molecule has 0 aliphatic heterocycles. The van der Waals surface area contributed by atoms with Crippen LogP contribution in [0.1, 0.15) is 149 Å². The van der Waals surface area contributed by atoms with Crippen molar-refractivity contribution in [3.8, 4) is 18.1 Å². The van der Waals surface area contributed by atoms with Crippen molar-refractivity contribution >= 4 is 5.97 Å². The Bertz CT molecular complexity index is 1210. The number of unbranched alkanes of at least 4 members (excludes halogenated alkanes) is 4. The highest BCUT2D eigenvalue weighted by molar-refractivity contribution is 5.69. The zero-order chi connectivity index (χ0) is 32.7. The Hall–Kier alpha value is -2.21. The van der Waals surface area contributed by atoms with Crippen LogP contribution in [0.25, 0.3) is 0 Å². The molecule has 4 aliphatic rings. The molecule has 3 heteroatoms. The molecule has 254 valence electrons. The standard InChI is InChI=1S/C43H64O3/c1-7-33-17-20-35(21-18-33)45-29-12-10-8-9-11-16-41(44)46-36-25-27-42(5)34(30-36)19-22-37-39-24-23-38(32(4)15-13-14-31(2)3)43(39,6)28-26-40(37)42/h1,17-21,31-32,36-40H,8-16,22-30H2,2-6H3/t32-,36+,37+,38-,39+,40+,42+,43-/m1/s1. The minimum absolute atomic E-state index is 0.00887. The van der Waals surface area contributed by atoms with Crippen molar-refractivity contribution in [1.29, 1.82) is 0 Å². The summed E-state index contributed by atoms with van der Waals surface area (Å²) in [6, 6.07) is 7.68. The van der Waals surface area contributed by atoms with E-state index in [0.717, 1.165) is 91.8 Å². The van der Waals surface area contributed by atoms with Crippen LogP contribution in [-0.4, -0.2) is 18.7 Å². The van der Waals surface area contributed by atoms with Crippen LogP contribution in [-0.2, 0) is 9.53 Å². The molecule has 0 aromatic heterocycles. The van der Waals surface area contributed by atoms with Gasteiger partial charge in [-0.3, -0.25) is 4.79 Å². The molecule has 0 bridgehead atoms. The molecule has 4 aliphatic carbocycles. The Balaban J connectivity index is 1.02. The summed E-state index contributed by atoms with van der Waals surface area (Å²) >= 11 is 0. The number of terminal acetylenes is 1. The first-order valence-corrected chi connectivity index (χ1v) is 19.2. The summed E-state index contributed by atoms with van der Waals surface area (Å²) in [6.07, 6.45) is 28.3. The zero-order valence-electron chi connectivity index (χ0n) is 30.0. The Morgan fingerprint density at radius 1 is 0.913 bits per heavy atom. The average Bonchev–Trinajstić information content (AvgIpc) is 3.40. The Morgan fingerprint density at radius 2 is 1.67 bits per heavy atom. The lowest BCUT2D eigenvalue weighted by atomic mass is 9.47. The van der Waals surface area contributed by atoms with Crippen LogP contribution >= 0.6 is 0 Å². The molecule has 0 saturated heterocycles. The SMILES string of the molecule is C#Cc1ccc(OCCCCCCCC(=O)O[C@H]2CC[C@@]3(C)C(=CC[C@H]4[C@@H]5CC[C@H]([C@H](C)CCCC(C)C)[C@@]5(C)CC[C@@H]43)C2)cc1. The van der Waals surface area contributed by atoms with E-state index >= 15 is 0 Å². The number of allylic oxidation sites excluding steroid dienone is 1. The summed E-state index contributed by atoms with van der Waals surface area (Å²) in [5.74, 6) is 8.68. The Labute approximate surface area is 282 Å². The number of fused-ring (bicyclic) bond motifs is 5. The van der Waals surface area contributed by atoms with Gasteiger partial charge in [-0.15, -0.1) is 6.42 Å². The summed E-state index contributed by atoms with van der Waals surface area (Å²) in [5.41, 5.74) is 3.34. The van der Waals surface area contributed by atoms with E-state index in [1.165, 1.54) is 57.8 Å². The number of carbonyl (C=O) groups is 1. The minimum Gasteiger partial charge on any atom is -0.494 e. The zero-order valence-corrected chi connectivity index (χ0v) is 30.0. The van der Waals surface area contributed by atoms with Crippen molar-refractivity contribution in [3.63, 3.8) is 0 Å². The monoisotopic (exact) mass is 628 g/mol. The van der Waals surface area contributed by atoms with Gasteiger partial charge in [0.1, 0.15) is 11.9 Å². The molecule has 0 amide bonds. The smallest absolute Gasteiger partial charge is 0.306 e. The number of ether oxygens (including phenoxy) is 2. The van der Waals surface area contributed by atoms with E-state index in [2.05, 4.69) is 46.6 Å². The fourth-order valence-corrected chi connectivity index (χ4v) is 10.7. The highest BCUT2D eigenvalue weighted by Crippen LogP contribution is 2.67. The summed E-state index contributed by atoms with van der Waals surface area (Å²) in [4.78, 5) is 12.8. The van der Waals surface area contributed by atoms with Crippen LogP contribution in [0.2, 0.25) is 0 Å². The maximum Gasteiger partial charge on any atom is 0.306 e. The molecular weight excluding hydrogens is 564 g/mol. The Morgan fingerprint density at radius 3 is 2.43 bits per heavy atom.